The zero-order valence-corrected chi connectivity index (χ0v) is 12.7. The van der Waals surface area contributed by atoms with E-state index in [1.165, 1.54) is 21.9 Å². The monoisotopic (exact) mass is 303 g/mol. The maximum Gasteiger partial charge on any atom is 0.488 e. The molecule has 4 heteroatoms. The third kappa shape index (κ3) is 2.66. The summed E-state index contributed by atoms with van der Waals surface area (Å²) in [6, 6.07) is 20.7. The summed E-state index contributed by atoms with van der Waals surface area (Å²) in [5, 5.41) is 24.7. The fourth-order valence-corrected chi connectivity index (χ4v) is 3.46. The Kier molecular flexibility index (Phi) is 3.66. The first-order valence-corrected chi connectivity index (χ1v) is 7.90. The van der Waals surface area contributed by atoms with E-state index in [4.69, 9.17) is 0 Å². The van der Waals surface area contributed by atoms with E-state index in [0.29, 0.717) is 5.46 Å². The summed E-state index contributed by atoms with van der Waals surface area (Å²) in [4.78, 5) is 0. The fourth-order valence-electron chi connectivity index (χ4n) is 3.46. The van der Waals surface area contributed by atoms with Crippen LogP contribution in [-0.2, 0) is 6.54 Å². The molecule has 1 atom stereocenters. The number of benzene rings is 3. The second-order valence-electron chi connectivity index (χ2n) is 6.12. The second kappa shape index (κ2) is 5.82. The molecule has 3 aromatic carbocycles. The summed E-state index contributed by atoms with van der Waals surface area (Å²) in [7, 11) is -1.42. The summed E-state index contributed by atoms with van der Waals surface area (Å²) >= 11 is 0. The molecule has 3 aromatic rings. The third-order valence-corrected chi connectivity index (χ3v) is 4.68. The van der Waals surface area contributed by atoms with E-state index in [9.17, 15) is 10.0 Å². The first-order valence-electron chi connectivity index (χ1n) is 7.90. The van der Waals surface area contributed by atoms with Gasteiger partial charge in [0.25, 0.3) is 0 Å². The third-order valence-electron chi connectivity index (χ3n) is 4.68. The van der Waals surface area contributed by atoms with Gasteiger partial charge in [-0.25, -0.2) is 0 Å². The standard InChI is InChI=1S/C19H18BNO2/c22-20(23)17-7-8-18-16(10-17)11-21-12-19(18)15-6-5-13-3-1-2-4-14(13)9-15/h1-10,19,21-23H,11-12H2/t19-/m0/s1. The maximum atomic E-state index is 9.36. The van der Waals surface area contributed by atoms with E-state index in [-0.39, 0.29) is 5.92 Å². The molecule has 1 aliphatic rings. The predicted octanol–water partition coefficient (Wildman–Crippen LogP) is 1.75. The lowest BCUT2D eigenvalue weighted by molar-refractivity contribution is 0.425. The van der Waals surface area contributed by atoms with Crippen LogP contribution in [-0.4, -0.2) is 23.7 Å². The van der Waals surface area contributed by atoms with E-state index in [1.54, 1.807) is 0 Å². The van der Waals surface area contributed by atoms with Gasteiger partial charge >= 0.3 is 7.12 Å². The molecule has 0 aliphatic carbocycles. The van der Waals surface area contributed by atoms with Crippen molar-refractivity contribution >= 4 is 23.4 Å². The largest absolute Gasteiger partial charge is 0.488 e. The molecule has 0 spiro atoms. The molecule has 3 N–H and O–H groups in total. The first-order chi connectivity index (χ1) is 11.2. The lowest BCUT2D eigenvalue weighted by Gasteiger charge is -2.27. The van der Waals surface area contributed by atoms with E-state index in [2.05, 4.69) is 47.8 Å². The molecule has 3 nitrogen and oxygen atoms in total. The molecule has 0 fully saturated rings. The van der Waals surface area contributed by atoms with E-state index >= 15 is 0 Å². The zero-order valence-electron chi connectivity index (χ0n) is 12.7. The smallest absolute Gasteiger partial charge is 0.423 e. The van der Waals surface area contributed by atoms with Crippen molar-refractivity contribution in [2.45, 2.75) is 12.5 Å². The zero-order chi connectivity index (χ0) is 15.8. The number of nitrogens with one attached hydrogen (secondary N) is 1. The molecule has 0 bridgehead atoms. The van der Waals surface area contributed by atoms with Gasteiger partial charge in [-0.15, -0.1) is 0 Å². The van der Waals surface area contributed by atoms with Gasteiger partial charge in [0, 0.05) is 19.0 Å². The molecular weight excluding hydrogens is 285 g/mol. The molecule has 0 unspecified atom stereocenters. The van der Waals surface area contributed by atoms with Gasteiger partial charge in [0.2, 0.25) is 0 Å². The highest BCUT2D eigenvalue weighted by atomic mass is 16.4. The lowest BCUT2D eigenvalue weighted by atomic mass is 9.76. The summed E-state index contributed by atoms with van der Waals surface area (Å²) in [5.74, 6) is 0.285. The fraction of sp³-hybridized carbons (Fsp3) is 0.158. The Morgan fingerprint density at radius 3 is 2.57 bits per heavy atom. The van der Waals surface area contributed by atoms with Gasteiger partial charge < -0.3 is 15.4 Å². The van der Waals surface area contributed by atoms with Gasteiger partial charge in [-0.1, -0.05) is 60.7 Å². The molecule has 0 saturated carbocycles. The van der Waals surface area contributed by atoms with Gasteiger partial charge in [-0.3, -0.25) is 0 Å². The molecular formula is C19H18BNO2. The average Bonchev–Trinajstić information content (AvgIpc) is 2.60. The molecule has 1 aliphatic heterocycles. The van der Waals surface area contributed by atoms with Crippen molar-refractivity contribution in [3.05, 3.63) is 77.4 Å². The van der Waals surface area contributed by atoms with Gasteiger partial charge in [0.15, 0.2) is 0 Å². The maximum absolute atomic E-state index is 9.36. The van der Waals surface area contributed by atoms with Crippen LogP contribution in [0, 0.1) is 0 Å². The second-order valence-corrected chi connectivity index (χ2v) is 6.12. The van der Waals surface area contributed by atoms with Gasteiger partial charge in [-0.2, -0.15) is 0 Å². The molecule has 1 heterocycles. The molecule has 23 heavy (non-hydrogen) atoms. The summed E-state index contributed by atoms with van der Waals surface area (Å²) in [6.45, 7) is 1.66. The summed E-state index contributed by atoms with van der Waals surface area (Å²) < 4.78 is 0. The molecule has 0 aromatic heterocycles. The molecule has 114 valence electrons. The Labute approximate surface area is 135 Å². The van der Waals surface area contributed by atoms with Crippen LogP contribution in [0.25, 0.3) is 10.8 Å². The minimum absolute atomic E-state index is 0.285. The summed E-state index contributed by atoms with van der Waals surface area (Å²) in [5.41, 5.74) is 4.24. The van der Waals surface area contributed by atoms with Crippen LogP contribution in [0.2, 0.25) is 0 Å². The van der Waals surface area contributed by atoms with Gasteiger partial charge in [0.05, 0.1) is 0 Å². The van der Waals surface area contributed by atoms with Crippen LogP contribution in [0.1, 0.15) is 22.6 Å². The topological polar surface area (TPSA) is 52.5 Å². The van der Waals surface area contributed by atoms with E-state index in [1.807, 2.05) is 18.2 Å². The molecule has 0 amide bonds. The number of hydrogen-bond donors (Lipinski definition) is 3. The van der Waals surface area contributed by atoms with Crippen molar-refractivity contribution in [2.75, 3.05) is 6.54 Å². The minimum atomic E-state index is -1.42. The highest BCUT2D eigenvalue weighted by Crippen LogP contribution is 2.31. The van der Waals surface area contributed by atoms with Gasteiger partial charge in [-0.05, 0) is 32.9 Å². The Bertz CT molecular complexity index is 863. The first kappa shape index (κ1) is 14.5. The van der Waals surface area contributed by atoms with Crippen LogP contribution in [0.4, 0.5) is 0 Å². The van der Waals surface area contributed by atoms with Crippen molar-refractivity contribution in [3.63, 3.8) is 0 Å². The normalized spacial score (nSPS) is 17.0. The van der Waals surface area contributed by atoms with E-state index in [0.717, 1.165) is 18.7 Å². The van der Waals surface area contributed by atoms with Crippen molar-refractivity contribution in [1.82, 2.24) is 5.32 Å². The van der Waals surface area contributed by atoms with Crippen molar-refractivity contribution < 1.29 is 10.0 Å². The number of rotatable bonds is 2. The molecule has 4 rings (SSSR count). The van der Waals surface area contributed by atoms with Crippen molar-refractivity contribution in [3.8, 4) is 0 Å². The van der Waals surface area contributed by atoms with Crippen LogP contribution in [0.15, 0.2) is 60.7 Å². The quantitative estimate of drug-likeness (QED) is 0.632. The minimum Gasteiger partial charge on any atom is -0.423 e. The van der Waals surface area contributed by atoms with E-state index < -0.39 is 7.12 Å². The Hall–Kier alpha value is -2.14. The predicted molar refractivity (Wildman–Crippen MR) is 93.8 cm³/mol. The van der Waals surface area contributed by atoms with Crippen molar-refractivity contribution in [1.29, 1.82) is 0 Å². The average molecular weight is 303 g/mol. The van der Waals surface area contributed by atoms with Crippen LogP contribution >= 0.6 is 0 Å². The SMILES string of the molecule is OB(O)c1ccc2c(c1)CNC[C@H]2c1ccc2ccccc2c1. The number of fused-ring (bicyclic) bond motifs is 2. The van der Waals surface area contributed by atoms with Crippen LogP contribution in [0.5, 0.6) is 0 Å². The van der Waals surface area contributed by atoms with Gasteiger partial charge in [0.1, 0.15) is 0 Å². The highest BCUT2D eigenvalue weighted by molar-refractivity contribution is 6.58. The lowest BCUT2D eigenvalue weighted by Crippen LogP contribution is -2.34. The molecule has 0 saturated heterocycles. The highest BCUT2D eigenvalue weighted by Gasteiger charge is 2.23. The van der Waals surface area contributed by atoms with Crippen LogP contribution in [0.3, 0.4) is 0 Å². The Morgan fingerprint density at radius 2 is 1.74 bits per heavy atom. The molecule has 0 radical (unpaired) electrons. The number of hydrogen-bond acceptors (Lipinski definition) is 3. The Balaban J connectivity index is 1.78. The van der Waals surface area contributed by atoms with Crippen LogP contribution < -0.4 is 10.8 Å². The Morgan fingerprint density at radius 1 is 0.913 bits per heavy atom. The summed E-state index contributed by atoms with van der Waals surface area (Å²) in [6.07, 6.45) is 0. The van der Waals surface area contributed by atoms with Crippen molar-refractivity contribution in [2.24, 2.45) is 0 Å².